The molecule has 1 aliphatic heterocycles. The number of nitrogens with zero attached hydrogens (tertiary/aromatic N) is 2. The van der Waals surface area contributed by atoms with Crippen molar-refractivity contribution in [2.24, 2.45) is 11.5 Å². The van der Waals surface area contributed by atoms with Crippen molar-refractivity contribution in [3.8, 4) is 11.1 Å². The molecule has 0 aliphatic carbocycles. The van der Waals surface area contributed by atoms with Crippen molar-refractivity contribution in [1.29, 1.82) is 0 Å². The van der Waals surface area contributed by atoms with Gasteiger partial charge in [-0.25, -0.2) is 0 Å². The molecule has 8 heteroatoms. The average Bonchev–Trinajstić information content (AvgIpc) is 3.03. The van der Waals surface area contributed by atoms with Crippen molar-refractivity contribution in [3.05, 3.63) is 114 Å². The lowest BCUT2D eigenvalue weighted by Gasteiger charge is -2.41. The van der Waals surface area contributed by atoms with E-state index in [2.05, 4.69) is 5.32 Å². The van der Waals surface area contributed by atoms with Gasteiger partial charge in [0, 0.05) is 29.9 Å². The third kappa shape index (κ3) is 5.89. The minimum atomic E-state index is -0.467. The van der Waals surface area contributed by atoms with Gasteiger partial charge in [-0.1, -0.05) is 54.6 Å². The van der Waals surface area contributed by atoms with E-state index in [9.17, 15) is 14.4 Å². The maximum atomic E-state index is 13.6. The molecule has 1 heterocycles. The highest BCUT2D eigenvalue weighted by Crippen LogP contribution is 2.36. The molecule has 1 aliphatic rings. The molecule has 2 amide bonds. The van der Waals surface area contributed by atoms with Crippen LogP contribution in [0.2, 0.25) is 0 Å². The first-order valence-corrected chi connectivity index (χ1v) is 13.7. The Morgan fingerprint density at radius 1 is 0.854 bits per heavy atom. The fourth-order valence-corrected chi connectivity index (χ4v) is 5.16. The highest BCUT2D eigenvalue weighted by atomic mass is 16.2. The Bertz CT molecular complexity index is 1540. The van der Waals surface area contributed by atoms with Gasteiger partial charge in [-0.05, 0) is 72.1 Å². The summed E-state index contributed by atoms with van der Waals surface area (Å²) in [5, 5.41) is 2.95. The molecule has 0 aromatic heterocycles. The van der Waals surface area contributed by atoms with Crippen LogP contribution in [0.25, 0.3) is 11.1 Å². The Kier molecular flexibility index (Phi) is 8.53. The average molecular weight is 548 g/mol. The molecule has 4 aromatic rings. The number of hydrogen-bond donors (Lipinski definition) is 3. The second kappa shape index (κ2) is 12.6. The zero-order valence-corrected chi connectivity index (χ0v) is 22.7. The largest absolute Gasteiger partial charge is 0.358 e. The van der Waals surface area contributed by atoms with Gasteiger partial charge in [0.05, 0.1) is 17.9 Å². The number of nitrogens with one attached hydrogen (secondary N) is 1. The summed E-state index contributed by atoms with van der Waals surface area (Å²) in [6, 6.07) is 29.2. The number of amides is 2. The molecule has 1 atom stereocenters. The van der Waals surface area contributed by atoms with Gasteiger partial charge >= 0.3 is 0 Å². The first-order valence-electron chi connectivity index (χ1n) is 13.7. The Morgan fingerprint density at radius 2 is 1.54 bits per heavy atom. The van der Waals surface area contributed by atoms with E-state index in [1.165, 1.54) is 0 Å². The van der Waals surface area contributed by atoms with Crippen LogP contribution in [-0.2, 0) is 11.3 Å². The molecule has 5 N–H and O–H groups in total. The molecule has 0 saturated heterocycles. The van der Waals surface area contributed by atoms with Gasteiger partial charge in [-0.3, -0.25) is 9.59 Å². The van der Waals surface area contributed by atoms with Crippen LogP contribution in [0.1, 0.15) is 32.7 Å². The van der Waals surface area contributed by atoms with Gasteiger partial charge < -0.3 is 31.4 Å². The van der Waals surface area contributed by atoms with Crippen LogP contribution < -0.4 is 26.6 Å². The van der Waals surface area contributed by atoms with E-state index in [4.69, 9.17) is 11.5 Å². The molecule has 8 nitrogen and oxygen atoms in total. The second-order valence-corrected chi connectivity index (χ2v) is 9.92. The molecular weight excluding hydrogens is 514 g/mol. The molecule has 5 rings (SSSR count). The normalized spacial score (nSPS) is 14.3. The topological polar surface area (TPSA) is 122 Å². The van der Waals surface area contributed by atoms with Crippen molar-refractivity contribution in [2.75, 3.05) is 34.8 Å². The quantitative estimate of drug-likeness (QED) is 0.266. The van der Waals surface area contributed by atoms with Gasteiger partial charge in [-0.2, -0.15) is 0 Å². The number of nitrogens with two attached hydrogens (primary N) is 2. The fraction of sp³-hybridized carbons (Fsp3) is 0.182. The molecule has 1 unspecified atom stereocenters. The lowest BCUT2D eigenvalue weighted by atomic mass is 9.98. The minimum absolute atomic E-state index is 0.216. The molecule has 41 heavy (non-hydrogen) atoms. The summed E-state index contributed by atoms with van der Waals surface area (Å²) in [5.74, 6) is -0.467. The number of fused-ring (bicyclic) bond motifs is 1. The van der Waals surface area contributed by atoms with E-state index >= 15 is 0 Å². The van der Waals surface area contributed by atoms with E-state index in [0.29, 0.717) is 36.4 Å². The van der Waals surface area contributed by atoms with Gasteiger partial charge in [0.15, 0.2) is 0 Å². The van der Waals surface area contributed by atoms with Crippen LogP contribution in [0, 0.1) is 0 Å². The summed E-state index contributed by atoms with van der Waals surface area (Å²) >= 11 is 0. The molecule has 0 spiro atoms. The lowest BCUT2D eigenvalue weighted by Crippen LogP contribution is -2.52. The van der Waals surface area contributed by atoms with Crippen molar-refractivity contribution in [3.63, 3.8) is 0 Å². The van der Waals surface area contributed by atoms with Crippen LogP contribution in [0.4, 0.5) is 17.1 Å². The van der Waals surface area contributed by atoms with E-state index in [0.717, 1.165) is 40.8 Å². The molecule has 0 saturated carbocycles. The summed E-state index contributed by atoms with van der Waals surface area (Å²) < 4.78 is 0. The van der Waals surface area contributed by atoms with Crippen LogP contribution in [0.3, 0.4) is 0 Å². The van der Waals surface area contributed by atoms with Crippen molar-refractivity contribution >= 4 is 35.2 Å². The summed E-state index contributed by atoms with van der Waals surface area (Å²) in [4.78, 5) is 42.5. The monoisotopic (exact) mass is 547 g/mol. The number of hydrogen-bond acceptors (Lipinski definition) is 6. The fourth-order valence-electron chi connectivity index (χ4n) is 5.16. The second-order valence-electron chi connectivity index (χ2n) is 9.92. The Morgan fingerprint density at radius 3 is 2.22 bits per heavy atom. The van der Waals surface area contributed by atoms with Crippen LogP contribution in [0.5, 0.6) is 0 Å². The SMILES string of the molecule is NCCCN1c2ccccc2N(C(=O)c2ccc(NC(=O)c3ccccc3-c3ccc(CN)cc3)cc2)CC1C=O. The van der Waals surface area contributed by atoms with E-state index < -0.39 is 6.04 Å². The molecular formula is C33H33N5O3. The first-order chi connectivity index (χ1) is 20.0. The summed E-state index contributed by atoms with van der Waals surface area (Å²) in [6.45, 7) is 1.85. The number of para-hydroxylation sites is 2. The number of anilines is 3. The van der Waals surface area contributed by atoms with Crippen molar-refractivity contribution in [1.82, 2.24) is 0 Å². The standard InChI is InChI=1S/C33H33N5O3/c34-18-5-19-37-27(22-39)21-38(31-9-4-3-8-30(31)37)33(41)25-14-16-26(17-15-25)36-32(40)29-7-2-1-6-28(29)24-12-10-23(20-35)11-13-24/h1-4,6-17,22,27H,5,18-21,34-35H2,(H,36,40). The van der Waals surface area contributed by atoms with E-state index in [1.807, 2.05) is 71.6 Å². The smallest absolute Gasteiger partial charge is 0.258 e. The van der Waals surface area contributed by atoms with Gasteiger partial charge in [0.2, 0.25) is 0 Å². The summed E-state index contributed by atoms with van der Waals surface area (Å²) in [7, 11) is 0. The third-order valence-electron chi connectivity index (χ3n) is 7.32. The van der Waals surface area contributed by atoms with Crippen LogP contribution in [0.15, 0.2) is 97.1 Å². The van der Waals surface area contributed by atoms with Gasteiger partial charge in [0.25, 0.3) is 11.8 Å². The minimum Gasteiger partial charge on any atom is -0.358 e. The maximum absolute atomic E-state index is 13.6. The Labute approximate surface area is 239 Å². The third-order valence-corrected chi connectivity index (χ3v) is 7.32. The first kappa shape index (κ1) is 27.8. The summed E-state index contributed by atoms with van der Waals surface area (Å²) in [5.41, 5.74) is 17.3. The zero-order valence-electron chi connectivity index (χ0n) is 22.7. The summed E-state index contributed by atoms with van der Waals surface area (Å²) in [6.07, 6.45) is 1.63. The van der Waals surface area contributed by atoms with Gasteiger partial charge in [-0.15, -0.1) is 0 Å². The highest BCUT2D eigenvalue weighted by molar-refractivity contribution is 6.11. The molecule has 0 bridgehead atoms. The molecule has 4 aromatic carbocycles. The predicted molar refractivity (Wildman–Crippen MR) is 163 cm³/mol. The van der Waals surface area contributed by atoms with Crippen molar-refractivity contribution < 1.29 is 14.4 Å². The number of benzene rings is 4. The zero-order chi connectivity index (χ0) is 28.8. The highest BCUT2D eigenvalue weighted by Gasteiger charge is 2.33. The van der Waals surface area contributed by atoms with Crippen molar-refractivity contribution in [2.45, 2.75) is 19.0 Å². The molecule has 208 valence electrons. The van der Waals surface area contributed by atoms with Gasteiger partial charge in [0.1, 0.15) is 12.3 Å². The number of carbonyl (C=O) groups excluding carboxylic acids is 3. The maximum Gasteiger partial charge on any atom is 0.258 e. The van der Waals surface area contributed by atoms with E-state index in [-0.39, 0.29) is 18.4 Å². The van der Waals surface area contributed by atoms with Crippen LogP contribution >= 0.6 is 0 Å². The molecule has 0 fully saturated rings. The Balaban J connectivity index is 1.34. The number of rotatable bonds is 9. The Hall–Kier alpha value is -4.79. The number of aldehydes is 1. The molecule has 0 radical (unpaired) electrons. The predicted octanol–water partition coefficient (Wildman–Crippen LogP) is 4.45. The van der Waals surface area contributed by atoms with E-state index in [1.54, 1.807) is 35.2 Å². The lowest BCUT2D eigenvalue weighted by molar-refractivity contribution is -0.108. The van der Waals surface area contributed by atoms with Crippen LogP contribution in [-0.4, -0.2) is 43.8 Å². The number of carbonyl (C=O) groups is 3.